The van der Waals surface area contributed by atoms with Gasteiger partial charge in [0.15, 0.2) is 0 Å². The van der Waals surface area contributed by atoms with Gasteiger partial charge in [-0.3, -0.25) is 4.79 Å². The molecule has 0 saturated carbocycles. The fraction of sp³-hybridized carbons (Fsp3) is 0.562. The van der Waals surface area contributed by atoms with E-state index in [9.17, 15) is 4.79 Å². The van der Waals surface area contributed by atoms with Crippen LogP contribution in [-0.4, -0.2) is 55.5 Å². The van der Waals surface area contributed by atoms with Gasteiger partial charge in [-0.15, -0.1) is 0 Å². The van der Waals surface area contributed by atoms with Crippen LogP contribution in [0.2, 0.25) is 0 Å². The number of ether oxygens (including phenoxy) is 1. The minimum atomic E-state index is 0.212. The molecule has 0 N–H and O–H groups in total. The topological polar surface area (TPSA) is 32.8 Å². The number of carbonyl (C=O) groups excluding carboxylic acids is 1. The van der Waals surface area contributed by atoms with Gasteiger partial charge < -0.3 is 14.5 Å². The van der Waals surface area contributed by atoms with Crippen LogP contribution >= 0.6 is 0 Å². The van der Waals surface area contributed by atoms with Crippen LogP contribution < -0.4 is 4.74 Å². The maximum atomic E-state index is 12.0. The van der Waals surface area contributed by atoms with Gasteiger partial charge in [-0.25, -0.2) is 0 Å². The Balaban J connectivity index is 1.81. The van der Waals surface area contributed by atoms with E-state index in [0.717, 1.165) is 31.7 Å². The second-order valence-electron chi connectivity index (χ2n) is 5.75. The highest BCUT2D eigenvalue weighted by molar-refractivity contribution is 5.78. The standard InChI is InChI=1S/C16H24N2O2/c1-13-5-4-6-15(11-13)20-14-7-9-18(10-8-14)16(19)12-17(2)3/h4-6,11,14H,7-10,12H2,1-3H3. The molecular weight excluding hydrogens is 252 g/mol. The maximum absolute atomic E-state index is 12.0. The lowest BCUT2D eigenvalue weighted by Gasteiger charge is -2.32. The van der Waals surface area contributed by atoms with Crippen LogP contribution in [0.15, 0.2) is 24.3 Å². The Morgan fingerprint density at radius 1 is 1.35 bits per heavy atom. The molecule has 0 unspecified atom stereocenters. The highest BCUT2D eigenvalue weighted by atomic mass is 16.5. The predicted molar refractivity (Wildman–Crippen MR) is 80.0 cm³/mol. The Morgan fingerprint density at radius 3 is 2.65 bits per heavy atom. The number of benzene rings is 1. The van der Waals surface area contributed by atoms with Crippen molar-refractivity contribution in [3.63, 3.8) is 0 Å². The summed E-state index contributed by atoms with van der Waals surface area (Å²) in [4.78, 5) is 15.8. The van der Waals surface area contributed by atoms with Crippen molar-refractivity contribution in [1.82, 2.24) is 9.80 Å². The quantitative estimate of drug-likeness (QED) is 0.842. The predicted octanol–water partition coefficient (Wildman–Crippen LogP) is 1.93. The van der Waals surface area contributed by atoms with Crippen LogP contribution in [0.4, 0.5) is 0 Å². The molecule has 1 heterocycles. The molecule has 0 atom stereocenters. The number of hydrogen-bond donors (Lipinski definition) is 0. The summed E-state index contributed by atoms with van der Waals surface area (Å²) >= 11 is 0. The van der Waals surface area contributed by atoms with Gasteiger partial charge in [-0.1, -0.05) is 12.1 Å². The first-order chi connectivity index (χ1) is 9.54. The van der Waals surface area contributed by atoms with Crippen molar-refractivity contribution < 1.29 is 9.53 Å². The molecule has 2 rings (SSSR count). The zero-order valence-corrected chi connectivity index (χ0v) is 12.6. The van der Waals surface area contributed by atoms with Crippen molar-refractivity contribution in [1.29, 1.82) is 0 Å². The zero-order valence-electron chi connectivity index (χ0n) is 12.6. The fourth-order valence-corrected chi connectivity index (χ4v) is 2.47. The van der Waals surface area contributed by atoms with E-state index in [2.05, 4.69) is 19.1 Å². The highest BCUT2D eigenvalue weighted by Crippen LogP contribution is 2.20. The van der Waals surface area contributed by atoms with E-state index in [4.69, 9.17) is 4.74 Å². The molecule has 0 bridgehead atoms. The Kier molecular flexibility index (Phi) is 5.01. The van der Waals surface area contributed by atoms with Crippen molar-refractivity contribution in [2.75, 3.05) is 33.7 Å². The summed E-state index contributed by atoms with van der Waals surface area (Å²) in [7, 11) is 3.84. The summed E-state index contributed by atoms with van der Waals surface area (Å²) in [6, 6.07) is 8.13. The van der Waals surface area contributed by atoms with Gasteiger partial charge in [0.05, 0.1) is 6.54 Å². The molecule has 1 saturated heterocycles. The fourth-order valence-electron chi connectivity index (χ4n) is 2.47. The van der Waals surface area contributed by atoms with Crippen LogP contribution in [0.25, 0.3) is 0 Å². The molecular formula is C16H24N2O2. The molecule has 0 spiro atoms. The third-order valence-corrected chi connectivity index (χ3v) is 3.54. The summed E-state index contributed by atoms with van der Waals surface area (Å²) in [6.07, 6.45) is 2.04. The average Bonchev–Trinajstić information content (AvgIpc) is 2.38. The summed E-state index contributed by atoms with van der Waals surface area (Å²) in [5.41, 5.74) is 1.21. The molecule has 20 heavy (non-hydrogen) atoms. The van der Waals surface area contributed by atoms with E-state index < -0.39 is 0 Å². The van der Waals surface area contributed by atoms with Gasteiger partial charge in [0, 0.05) is 25.9 Å². The van der Waals surface area contributed by atoms with E-state index in [1.807, 2.05) is 36.0 Å². The number of likely N-dealkylation sites (N-methyl/N-ethyl adjacent to an activating group) is 1. The van der Waals surface area contributed by atoms with Gasteiger partial charge in [0.2, 0.25) is 5.91 Å². The first-order valence-electron chi connectivity index (χ1n) is 7.20. The van der Waals surface area contributed by atoms with Gasteiger partial charge in [-0.05, 0) is 38.7 Å². The van der Waals surface area contributed by atoms with Crippen molar-refractivity contribution >= 4 is 5.91 Å². The van der Waals surface area contributed by atoms with Crippen molar-refractivity contribution in [3.05, 3.63) is 29.8 Å². The van der Waals surface area contributed by atoms with Gasteiger partial charge in [0.1, 0.15) is 11.9 Å². The molecule has 1 amide bonds. The zero-order chi connectivity index (χ0) is 14.5. The molecule has 110 valence electrons. The number of hydrogen-bond acceptors (Lipinski definition) is 3. The molecule has 4 nitrogen and oxygen atoms in total. The maximum Gasteiger partial charge on any atom is 0.236 e. The monoisotopic (exact) mass is 276 g/mol. The van der Waals surface area contributed by atoms with Gasteiger partial charge >= 0.3 is 0 Å². The second-order valence-corrected chi connectivity index (χ2v) is 5.75. The summed E-state index contributed by atoms with van der Waals surface area (Å²) in [6.45, 7) is 4.14. The number of amides is 1. The number of aryl methyl sites for hydroxylation is 1. The Morgan fingerprint density at radius 2 is 2.05 bits per heavy atom. The second kappa shape index (κ2) is 6.75. The largest absolute Gasteiger partial charge is 0.490 e. The van der Waals surface area contributed by atoms with Crippen LogP contribution in [0, 0.1) is 6.92 Å². The van der Waals surface area contributed by atoms with Crippen LogP contribution in [0.1, 0.15) is 18.4 Å². The smallest absolute Gasteiger partial charge is 0.236 e. The number of piperidine rings is 1. The van der Waals surface area contributed by atoms with Crippen molar-refractivity contribution in [2.45, 2.75) is 25.9 Å². The summed E-state index contributed by atoms with van der Waals surface area (Å²) < 4.78 is 6.00. The van der Waals surface area contributed by atoms with E-state index in [0.29, 0.717) is 6.54 Å². The molecule has 0 aliphatic carbocycles. The van der Waals surface area contributed by atoms with Crippen LogP contribution in [0.3, 0.4) is 0 Å². The van der Waals surface area contributed by atoms with E-state index >= 15 is 0 Å². The number of rotatable bonds is 4. The summed E-state index contributed by atoms with van der Waals surface area (Å²) in [5, 5.41) is 0. The lowest BCUT2D eigenvalue weighted by molar-refractivity contribution is -0.133. The van der Waals surface area contributed by atoms with E-state index in [1.54, 1.807) is 0 Å². The third kappa shape index (κ3) is 4.23. The Labute approximate surface area is 121 Å². The minimum absolute atomic E-state index is 0.212. The molecule has 1 aliphatic rings. The Hall–Kier alpha value is -1.55. The normalized spacial score (nSPS) is 16.5. The van der Waals surface area contributed by atoms with Gasteiger partial charge in [0.25, 0.3) is 0 Å². The van der Waals surface area contributed by atoms with Gasteiger partial charge in [-0.2, -0.15) is 0 Å². The van der Waals surface area contributed by atoms with Crippen LogP contribution in [0.5, 0.6) is 5.75 Å². The number of nitrogens with zero attached hydrogens (tertiary/aromatic N) is 2. The van der Waals surface area contributed by atoms with Crippen molar-refractivity contribution in [3.8, 4) is 5.75 Å². The van der Waals surface area contributed by atoms with Crippen LogP contribution in [-0.2, 0) is 4.79 Å². The van der Waals surface area contributed by atoms with Crippen molar-refractivity contribution in [2.24, 2.45) is 0 Å². The molecule has 4 heteroatoms. The first-order valence-corrected chi connectivity index (χ1v) is 7.20. The SMILES string of the molecule is Cc1cccc(OC2CCN(C(=O)CN(C)C)CC2)c1. The minimum Gasteiger partial charge on any atom is -0.490 e. The lowest BCUT2D eigenvalue weighted by atomic mass is 10.1. The molecule has 0 radical (unpaired) electrons. The Bertz CT molecular complexity index is 452. The van der Waals surface area contributed by atoms with E-state index in [1.165, 1.54) is 5.56 Å². The number of carbonyl (C=O) groups is 1. The first kappa shape index (κ1) is 14.9. The number of likely N-dealkylation sites (tertiary alicyclic amines) is 1. The highest BCUT2D eigenvalue weighted by Gasteiger charge is 2.23. The molecule has 1 fully saturated rings. The molecule has 1 aromatic rings. The molecule has 1 aromatic carbocycles. The lowest BCUT2D eigenvalue weighted by Crippen LogP contribution is -2.44. The average molecular weight is 276 g/mol. The van der Waals surface area contributed by atoms with E-state index in [-0.39, 0.29) is 12.0 Å². The summed E-state index contributed by atoms with van der Waals surface area (Å²) in [5.74, 6) is 1.15. The third-order valence-electron chi connectivity index (χ3n) is 3.54. The molecule has 0 aromatic heterocycles. The molecule has 1 aliphatic heterocycles.